The van der Waals surface area contributed by atoms with Gasteiger partial charge in [0.15, 0.2) is 5.96 Å². The van der Waals surface area contributed by atoms with Crippen molar-refractivity contribution in [1.29, 1.82) is 0 Å². The average Bonchev–Trinajstić information content (AvgIpc) is 2.37. The number of aliphatic imine (C=N–C) groups is 1. The van der Waals surface area contributed by atoms with Crippen molar-refractivity contribution in [3.63, 3.8) is 0 Å². The molecule has 0 atom stereocenters. The lowest BCUT2D eigenvalue weighted by molar-refractivity contribution is 0.232. The molecule has 0 aromatic carbocycles. The van der Waals surface area contributed by atoms with E-state index in [1.165, 1.54) is 0 Å². The second kappa shape index (κ2) is 8.19. The fraction of sp³-hybridized carbons (Fsp3) is 0.538. The van der Waals surface area contributed by atoms with Gasteiger partial charge in [0.1, 0.15) is 0 Å². The Balaban J connectivity index is 0.00000180. The first kappa shape index (κ1) is 16.0. The number of rotatable bonds is 4. The first-order chi connectivity index (χ1) is 8.74. The first-order valence-corrected chi connectivity index (χ1v) is 6.38. The van der Waals surface area contributed by atoms with Crippen molar-refractivity contribution in [3.8, 4) is 5.88 Å². The van der Waals surface area contributed by atoms with Crippen molar-refractivity contribution >= 4 is 29.9 Å². The van der Waals surface area contributed by atoms with Crippen LogP contribution >= 0.6 is 24.0 Å². The lowest BCUT2D eigenvalue weighted by atomic mass is 10.2. The molecule has 1 aliphatic heterocycles. The highest BCUT2D eigenvalue weighted by Gasteiger charge is 2.04. The summed E-state index contributed by atoms with van der Waals surface area (Å²) in [6.45, 7) is 6.60. The van der Waals surface area contributed by atoms with Crippen LogP contribution in [0.25, 0.3) is 0 Å². The Hall–Kier alpha value is -1.05. The zero-order chi connectivity index (χ0) is 12.8. The molecule has 0 radical (unpaired) electrons. The zero-order valence-electron chi connectivity index (χ0n) is 11.3. The monoisotopic (exact) mass is 376 g/mol. The Morgan fingerprint density at radius 1 is 1.47 bits per heavy atom. The Morgan fingerprint density at radius 2 is 2.32 bits per heavy atom. The fourth-order valence-corrected chi connectivity index (χ4v) is 1.70. The van der Waals surface area contributed by atoms with E-state index in [9.17, 15) is 0 Å². The SMILES string of the molecule is CC(C)Oc1cc(CNC2=NCCCN2)ccn1.I. The standard InChI is InChI=1S/C13H20N4O.HI/c1-10(2)18-12-8-11(4-7-14-12)9-17-13-15-5-3-6-16-13;/h4,7-8,10H,3,5-6,9H2,1-2H3,(H2,15,16,17);1H. The number of aromatic nitrogens is 1. The van der Waals surface area contributed by atoms with Crippen molar-refractivity contribution in [1.82, 2.24) is 15.6 Å². The molecule has 2 rings (SSSR count). The second-order valence-corrected chi connectivity index (χ2v) is 4.53. The van der Waals surface area contributed by atoms with Gasteiger partial charge in [-0.25, -0.2) is 4.98 Å². The molecule has 0 unspecified atom stereocenters. The molecule has 6 heteroatoms. The van der Waals surface area contributed by atoms with Crippen LogP contribution in [-0.2, 0) is 6.54 Å². The summed E-state index contributed by atoms with van der Waals surface area (Å²) in [5.74, 6) is 1.55. The van der Waals surface area contributed by atoms with Gasteiger partial charge in [-0.3, -0.25) is 4.99 Å². The summed E-state index contributed by atoms with van der Waals surface area (Å²) in [6.07, 6.45) is 3.02. The lowest BCUT2D eigenvalue weighted by Gasteiger charge is -2.16. The molecule has 0 saturated carbocycles. The van der Waals surface area contributed by atoms with Crippen molar-refractivity contribution in [3.05, 3.63) is 23.9 Å². The Bertz CT molecular complexity index is 423. The molecule has 0 amide bonds. The van der Waals surface area contributed by atoms with E-state index in [-0.39, 0.29) is 30.1 Å². The molecule has 0 aliphatic carbocycles. The number of guanidine groups is 1. The molecule has 5 nitrogen and oxygen atoms in total. The van der Waals surface area contributed by atoms with Gasteiger partial charge in [-0.05, 0) is 31.9 Å². The zero-order valence-corrected chi connectivity index (χ0v) is 13.7. The van der Waals surface area contributed by atoms with Gasteiger partial charge in [0, 0.05) is 31.9 Å². The van der Waals surface area contributed by atoms with Crippen LogP contribution in [0.5, 0.6) is 5.88 Å². The molecule has 2 N–H and O–H groups in total. The minimum absolute atomic E-state index is 0. The van der Waals surface area contributed by atoms with Crippen molar-refractivity contribution < 1.29 is 4.74 Å². The van der Waals surface area contributed by atoms with Gasteiger partial charge in [0.25, 0.3) is 0 Å². The summed E-state index contributed by atoms with van der Waals surface area (Å²) in [7, 11) is 0. The number of hydrogen-bond donors (Lipinski definition) is 2. The Kier molecular flexibility index (Phi) is 6.90. The van der Waals surface area contributed by atoms with Crippen molar-refractivity contribution in [2.45, 2.75) is 32.9 Å². The normalized spacial score (nSPS) is 14.2. The average molecular weight is 376 g/mol. The van der Waals surface area contributed by atoms with Crippen LogP contribution in [0.4, 0.5) is 0 Å². The number of nitrogens with one attached hydrogen (secondary N) is 2. The summed E-state index contributed by atoms with van der Waals surface area (Å²) < 4.78 is 5.56. The predicted octanol–water partition coefficient (Wildman–Crippen LogP) is 1.93. The summed E-state index contributed by atoms with van der Waals surface area (Å²) in [4.78, 5) is 8.54. The van der Waals surface area contributed by atoms with Crippen molar-refractivity contribution in [2.24, 2.45) is 4.99 Å². The molecule has 2 heterocycles. The number of hydrogen-bond acceptors (Lipinski definition) is 5. The molecule has 0 saturated heterocycles. The van der Waals surface area contributed by atoms with E-state index in [0.717, 1.165) is 37.6 Å². The molecule has 19 heavy (non-hydrogen) atoms. The van der Waals surface area contributed by atoms with Crippen LogP contribution in [0.1, 0.15) is 25.8 Å². The maximum absolute atomic E-state index is 5.56. The minimum atomic E-state index is 0. The summed E-state index contributed by atoms with van der Waals surface area (Å²) in [5.41, 5.74) is 1.13. The molecule has 1 aliphatic rings. The van der Waals surface area contributed by atoms with E-state index in [0.29, 0.717) is 5.88 Å². The second-order valence-electron chi connectivity index (χ2n) is 4.53. The first-order valence-electron chi connectivity index (χ1n) is 6.38. The van der Waals surface area contributed by atoms with E-state index in [1.54, 1.807) is 6.20 Å². The highest BCUT2D eigenvalue weighted by atomic mass is 127. The van der Waals surface area contributed by atoms with Crippen molar-refractivity contribution in [2.75, 3.05) is 13.1 Å². The van der Waals surface area contributed by atoms with Crippen LogP contribution < -0.4 is 15.4 Å². The molecular formula is C13H21IN4O. The number of halogens is 1. The summed E-state index contributed by atoms with van der Waals surface area (Å²) in [6, 6.07) is 3.93. The Morgan fingerprint density at radius 3 is 3.00 bits per heavy atom. The molecule has 0 fully saturated rings. The molecule has 1 aromatic heterocycles. The predicted molar refractivity (Wildman–Crippen MR) is 87.2 cm³/mol. The minimum Gasteiger partial charge on any atom is -0.475 e. The largest absolute Gasteiger partial charge is 0.475 e. The van der Waals surface area contributed by atoms with Gasteiger partial charge in [0.2, 0.25) is 5.88 Å². The van der Waals surface area contributed by atoms with Gasteiger partial charge in [-0.2, -0.15) is 0 Å². The van der Waals surface area contributed by atoms with Crippen LogP contribution in [0.3, 0.4) is 0 Å². The van der Waals surface area contributed by atoms with E-state index >= 15 is 0 Å². The Labute approximate surface area is 131 Å². The van der Waals surface area contributed by atoms with Gasteiger partial charge in [-0.15, -0.1) is 24.0 Å². The van der Waals surface area contributed by atoms with Crippen LogP contribution in [-0.4, -0.2) is 30.1 Å². The summed E-state index contributed by atoms with van der Waals surface area (Å²) in [5, 5.41) is 6.50. The van der Waals surface area contributed by atoms with Gasteiger partial charge < -0.3 is 15.4 Å². The van der Waals surface area contributed by atoms with E-state index in [1.807, 2.05) is 26.0 Å². The number of pyridine rings is 1. The maximum atomic E-state index is 5.56. The number of ether oxygens (including phenoxy) is 1. The highest BCUT2D eigenvalue weighted by Crippen LogP contribution is 2.10. The number of nitrogens with zero attached hydrogens (tertiary/aromatic N) is 2. The van der Waals surface area contributed by atoms with E-state index < -0.39 is 0 Å². The van der Waals surface area contributed by atoms with Crippen LogP contribution in [0.2, 0.25) is 0 Å². The maximum Gasteiger partial charge on any atom is 0.213 e. The van der Waals surface area contributed by atoms with Gasteiger partial charge in [-0.1, -0.05) is 0 Å². The molecule has 1 aromatic rings. The molecule has 0 bridgehead atoms. The topological polar surface area (TPSA) is 58.5 Å². The third kappa shape index (κ3) is 5.63. The van der Waals surface area contributed by atoms with E-state index in [2.05, 4.69) is 20.6 Å². The fourth-order valence-electron chi connectivity index (χ4n) is 1.70. The molecule has 0 spiro atoms. The third-order valence-electron chi connectivity index (χ3n) is 2.51. The lowest BCUT2D eigenvalue weighted by Crippen LogP contribution is -2.40. The quantitative estimate of drug-likeness (QED) is 0.789. The third-order valence-corrected chi connectivity index (χ3v) is 2.51. The molecule has 106 valence electrons. The van der Waals surface area contributed by atoms with Gasteiger partial charge in [0.05, 0.1) is 6.10 Å². The highest BCUT2D eigenvalue weighted by molar-refractivity contribution is 14.0. The summed E-state index contributed by atoms with van der Waals surface area (Å²) >= 11 is 0. The van der Waals surface area contributed by atoms with Crippen LogP contribution in [0.15, 0.2) is 23.3 Å². The molecular weight excluding hydrogens is 355 g/mol. The van der Waals surface area contributed by atoms with Crippen LogP contribution in [0, 0.1) is 0 Å². The van der Waals surface area contributed by atoms with E-state index in [4.69, 9.17) is 4.74 Å². The van der Waals surface area contributed by atoms with Gasteiger partial charge >= 0.3 is 0 Å². The smallest absolute Gasteiger partial charge is 0.213 e.